The van der Waals surface area contributed by atoms with Gasteiger partial charge >= 0.3 is 0 Å². The molecule has 8 nitrogen and oxygen atoms in total. The summed E-state index contributed by atoms with van der Waals surface area (Å²) in [6, 6.07) is 14.5. The van der Waals surface area contributed by atoms with Gasteiger partial charge in [-0.3, -0.25) is 9.59 Å². The molecule has 1 amide bonds. The normalized spacial score (nSPS) is 17.0. The summed E-state index contributed by atoms with van der Waals surface area (Å²) in [5.74, 6) is 0.354. The number of carbonyl (C=O) groups excluding carboxylic acids is 2. The highest BCUT2D eigenvalue weighted by atomic mass is 16.5. The van der Waals surface area contributed by atoms with Gasteiger partial charge in [0.2, 0.25) is 0 Å². The van der Waals surface area contributed by atoms with E-state index in [-0.39, 0.29) is 17.9 Å². The molecule has 8 heteroatoms. The SMILES string of the molecule is CCOc1ccc(/C(O)=C2\C(=O)C(=O)N(Cc3ccco3)C2c2ccc(OCC)c(OC)c2)cc1. The van der Waals surface area contributed by atoms with E-state index in [1.807, 2.05) is 13.8 Å². The molecule has 0 saturated carbocycles. The fraction of sp³-hybridized carbons (Fsp3) is 0.259. The zero-order valence-electron chi connectivity index (χ0n) is 19.8. The Hall–Kier alpha value is -4.20. The number of amides is 1. The van der Waals surface area contributed by atoms with E-state index < -0.39 is 17.7 Å². The van der Waals surface area contributed by atoms with Gasteiger partial charge in [-0.1, -0.05) is 6.07 Å². The second-order valence-corrected chi connectivity index (χ2v) is 7.81. The van der Waals surface area contributed by atoms with Gasteiger partial charge in [0, 0.05) is 5.56 Å². The molecule has 1 aliphatic rings. The van der Waals surface area contributed by atoms with Gasteiger partial charge in [-0.2, -0.15) is 0 Å². The molecule has 35 heavy (non-hydrogen) atoms. The molecule has 1 aliphatic heterocycles. The van der Waals surface area contributed by atoms with Gasteiger partial charge in [0.25, 0.3) is 11.7 Å². The molecule has 0 spiro atoms. The van der Waals surface area contributed by atoms with E-state index in [0.29, 0.717) is 47.3 Å². The highest BCUT2D eigenvalue weighted by Crippen LogP contribution is 2.42. The molecule has 2 aromatic carbocycles. The maximum Gasteiger partial charge on any atom is 0.296 e. The molecule has 1 aromatic heterocycles. The average Bonchev–Trinajstić information content (AvgIpc) is 3.47. The lowest BCUT2D eigenvalue weighted by molar-refractivity contribution is -0.140. The van der Waals surface area contributed by atoms with Crippen LogP contribution in [0.5, 0.6) is 17.2 Å². The van der Waals surface area contributed by atoms with Crippen molar-refractivity contribution in [3.63, 3.8) is 0 Å². The lowest BCUT2D eigenvalue weighted by Gasteiger charge is -2.25. The minimum Gasteiger partial charge on any atom is -0.507 e. The highest BCUT2D eigenvalue weighted by molar-refractivity contribution is 6.46. The van der Waals surface area contributed by atoms with E-state index in [0.717, 1.165) is 0 Å². The van der Waals surface area contributed by atoms with Crippen molar-refractivity contribution in [3.05, 3.63) is 83.3 Å². The first-order valence-corrected chi connectivity index (χ1v) is 11.3. The summed E-state index contributed by atoms with van der Waals surface area (Å²) in [4.78, 5) is 27.7. The van der Waals surface area contributed by atoms with E-state index in [2.05, 4.69) is 0 Å². The van der Waals surface area contributed by atoms with Crippen LogP contribution >= 0.6 is 0 Å². The van der Waals surface area contributed by atoms with Crippen LogP contribution in [0.2, 0.25) is 0 Å². The molecular weight excluding hydrogens is 450 g/mol. The number of furan rings is 1. The van der Waals surface area contributed by atoms with Crippen molar-refractivity contribution >= 4 is 17.4 Å². The Morgan fingerprint density at radius 2 is 1.74 bits per heavy atom. The van der Waals surface area contributed by atoms with Crippen LogP contribution in [0.4, 0.5) is 0 Å². The van der Waals surface area contributed by atoms with Gasteiger partial charge in [-0.05, 0) is 67.9 Å². The number of aliphatic hydroxyl groups is 1. The van der Waals surface area contributed by atoms with Gasteiger partial charge < -0.3 is 28.6 Å². The van der Waals surface area contributed by atoms with Crippen LogP contribution in [0.15, 0.2) is 70.9 Å². The number of hydrogen-bond donors (Lipinski definition) is 1. The van der Waals surface area contributed by atoms with Gasteiger partial charge in [0.15, 0.2) is 11.5 Å². The van der Waals surface area contributed by atoms with Crippen LogP contribution in [0, 0.1) is 0 Å². The van der Waals surface area contributed by atoms with Crippen molar-refractivity contribution in [3.8, 4) is 17.2 Å². The quantitative estimate of drug-likeness (QED) is 0.271. The number of ketones is 1. The number of likely N-dealkylation sites (tertiary alicyclic amines) is 1. The predicted octanol–water partition coefficient (Wildman–Crippen LogP) is 4.71. The number of ether oxygens (including phenoxy) is 3. The fourth-order valence-electron chi connectivity index (χ4n) is 4.12. The maximum atomic E-state index is 13.2. The first-order chi connectivity index (χ1) is 17.0. The zero-order chi connectivity index (χ0) is 24.9. The first-order valence-electron chi connectivity index (χ1n) is 11.3. The lowest BCUT2D eigenvalue weighted by atomic mass is 9.95. The van der Waals surface area contributed by atoms with E-state index in [1.165, 1.54) is 18.3 Å². The molecule has 1 fully saturated rings. The number of Topliss-reactive ketones (excluding diaryl/α,β-unsaturated/α-hetero) is 1. The van der Waals surface area contributed by atoms with Crippen molar-refractivity contribution in [1.82, 2.24) is 4.90 Å². The number of hydrogen-bond acceptors (Lipinski definition) is 7. The summed E-state index contributed by atoms with van der Waals surface area (Å²) in [5, 5.41) is 11.2. The summed E-state index contributed by atoms with van der Waals surface area (Å²) in [6.07, 6.45) is 1.50. The summed E-state index contributed by atoms with van der Waals surface area (Å²) in [6.45, 7) is 4.74. The van der Waals surface area contributed by atoms with E-state index in [1.54, 1.807) is 54.6 Å². The molecule has 1 atom stereocenters. The number of carbonyl (C=O) groups is 2. The van der Waals surface area contributed by atoms with Crippen LogP contribution in [-0.2, 0) is 16.1 Å². The van der Waals surface area contributed by atoms with Crippen molar-refractivity contribution in [1.29, 1.82) is 0 Å². The summed E-state index contributed by atoms with van der Waals surface area (Å²) in [7, 11) is 1.52. The monoisotopic (exact) mass is 477 g/mol. The van der Waals surface area contributed by atoms with Gasteiger partial charge in [-0.15, -0.1) is 0 Å². The molecular formula is C27H27NO7. The maximum absolute atomic E-state index is 13.2. The molecule has 0 radical (unpaired) electrons. The Morgan fingerprint density at radius 3 is 2.37 bits per heavy atom. The topological polar surface area (TPSA) is 98.4 Å². The number of rotatable bonds is 9. The Balaban J connectivity index is 1.84. The zero-order valence-corrected chi connectivity index (χ0v) is 19.8. The van der Waals surface area contributed by atoms with Crippen molar-refractivity contribution < 1.29 is 33.3 Å². The lowest BCUT2D eigenvalue weighted by Crippen LogP contribution is -2.29. The molecule has 182 valence electrons. The largest absolute Gasteiger partial charge is 0.507 e. The Bertz CT molecular complexity index is 1230. The fourth-order valence-corrected chi connectivity index (χ4v) is 4.12. The minimum absolute atomic E-state index is 0.0167. The summed E-state index contributed by atoms with van der Waals surface area (Å²) >= 11 is 0. The van der Waals surface area contributed by atoms with E-state index in [9.17, 15) is 14.7 Å². The van der Waals surface area contributed by atoms with Gasteiger partial charge in [0.1, 0.15) is 17.3 Å². The van der Waals surface area contributed by atoms with Crippen molar-refractivity contribution in [2.45, 2.75) is 26.4 Å². The number of nitrogens with zero attached hydrogens (tertiary/aromatic N) is 1. The smallest absolute Gasteiger partial charge is 0.296 e. The molecule has 0 bridgehead atoms. The molecule has 0 aliphatic carbocycles. The molecule has 1 N–H and O–H groups in total. The third-order valence-electron chi connectivity index (χ3n) is 5.69. The molecule has 4 rings (SSSR count). The van der Waals surface area contributed by atoms with Gasteiger partial charge in [0.05, 0.1) is 44.7 Å². The van der Waals surface area contributed by atoms with Crippen LogP contribution < -0.4 is 14.2 Å². The summed E-state index contributed by atoms with van der Waals surface area (Å²) < 4.78 is 22.0. The molecule has 3 aromatic rings. The second-order valence-electron chi connectivity index (χ2n) is 7.81. The molecule has 1 unspecified atom stereocenters. The van der Waals surface area contributed by atoms with Crippen LogP contribution in [0.3, 0.4) is 0 Å². The average molecular weight is 478 g/mol. The molecule has 1 saturated heterocycles. The highest BCUT2D eigenvalue weighted by Gasteiger charge is 2.46. The Kier molecular flexibility index (Phi) is 7.10. The van der Waals surface area contributed by atoms with Crippen molar-refractivity contribution in [2.24, 2.45) is 0 Å². The third kappa shape index (κ3) is 4.73. The molecule has 2 heterocycles. The van der Waals surface area contributed by atoms with Crippen LogP contribution in [0.1, 0.15) is 36.8 Å². The number of aliphatic hydroxyl groups excluding tert-OH is 1. The van der Waals surface area contributed by atoms with E-state index in [4.69, 9.17) is 18.6 Å². The standard InChI is InChI=1S/C27H27NO7/c1-4-33-19-11-8-17(9-12-19)25(29)23-24(18-10-13-21(34-5-2)22(15-18)32-3)28(27(31)26(23)30)16-20-7-6-14-35-20/h6-15,24,29H,4-5,16H2,1-3H3/b25-23+. The van der Waals surface area contributed by atoms with E-state index >= 15 is 0 Å². The van der Waals surface area contributed by atoms with Gasteiger partial charge in [-0.25, -0.2) is 0 Å². The predicted molar refractivity (Wildman–Crippen MR) is 128 cm³/mol. The number of benzene rings is 2. The first kappa shape index (κ1) is 23.9. The van der Waals surface area contributed by atoms with Crippen molar-refractivity contribution in [2.75, 3.05) is 20.3 Å². The van der Waals surface area contributed by atoms with Crippen LogP contribution in [0.25, 0.3) is 5.76 Å². The Morgan fingerprint density at radius 1 is 1.00 bits per heavy atom. The Labute approximate surface area is 203 Å². The second kappa shape index (κ2) is 10.4. The summed E-state index contributed by atoms with van der Waals surface area (Å²) in [5.41, 5.74) is 0.966. The van der Waals surface area contributed by atoms with Crippen LogP contribution in [-0.4, -0.2) is 42.0 Å². The minimum atomic E-state index is -0.865. The third-order valence-corrected chi connectivity index (χ3v) is 5.69. The number of methoxy groups -OCH3 is 1.